The molecule has 6 nitrogen and oxygen atoms in total. The van der Waals surface area contributed by atoms with Crippen molar-refractivity contribution in [3.63, 3.8) is 0 Å². The van der Waals surface area contributed by atoms with Crippen LogP contribution in [0.3, 0.4) is 0 Å². The number of hydrogen-bond acceptors (Lipinski definition) is 5. The number of benzene rings is 2. The molecule has 2 aromatic carbocycles. The summed E-state index contributed by atoms with van der Waals surface area (Å²) in [4.78, 5) is 13.2. The molecule has 2 aromatic rings. The minimum absolute atomic E-state index is 0.180. The first-order chi connectivity index (χ1) is 14.5. The number of halogens is 1. The Kier molecular flexibility index (Phi) is 5.97. The van der Waals surface area contributed by atoms with Crippen LogP contribution in [0.4, 0.5) is 21.5 Å². The first kappa shape index (κ1) is 20.3. The van der Waals surface area contributed by atoms with Crippen LogP contribution < -0.4 is 26.4 Å². The van der Waals surface area contributed by atoms with E-state index in [2.05, 4.69) is 16.0 Å². The smallest absolute Gasteiger partial charge is 0.255 e. The lowest BCUT2D eigenvalue weighted by Crippen LogP contribution is -2.26. The van der Waals surface area contributed by atoms with E-state index in [1.54, 1.807) is 12.1 Å². The van der Waals surface area contributed by atoms with Gasteiger partial charge in [0, 0.05) is 25.3 Å². The Morgan fingerprint density at radius 1 is 1.10 bits per heavy atom. The van der Waals surface area contributed by atoms with Gasteiger partial charge in [-0.25, -0.2) is 4.39 Å². The van der Waals surface area contributed by atoms with Gasteiger partial charge in [-0.15, -0.1) is 0 Å². The topological polar surface area (TPSA) is 88.4 Å². The van der Waals surface area contributed by atoms with Gasteiger partial charge in [-0.2, -0.15) is 0 Å². The zero-order valence-corrected chi connectivity index (χ0v) is 17.3. The van der Waals surface area contributed by atoms with Crippen molar-refractivity contribution in [1.82, 2.24) is 5.32 Å². The van der Waals surface area contributed by atoms with Crippen molar-refractivity contribution < 1.29 is 13.9 Å². The zero-order chi connectivity index (χ0) is 21.1. The molecule has 2 fully saturated rings. The van der Waals surface area contributed by atoms with Crippen molar-refractivity contribution in [3.8, 4) is 5.75 Å². The van der Waals surface area contributed by atoms with Gasteiger partial charge in [-0.1, -0.05) is 6.07 Å². The van der Waals surface area contributed by atoms with Crippen molar-refractivity contribution in [2.24, 2.45) is 11.8 Å². The molecule has 0 saturated heterocycles. The Hall–Kier alpha value is -2.96. The minimum atomic E-state index is -0.452. The molecule has 0 aliphatic heterocycles. The van der Waals surface area contributed by atoms with Crippen LogP contribution in [-0.2, 0) is 6.54 Å². The Morgan fingerprint density at radius 3 is 2.43 bits per heavy atom. The molecule has 1 amide bonds. The second-order valence-electron chi connectivity index (χ2n) is 8.25. The number of nitrogen functional groups attached to an aromatic ring is 1. The predicted molar refractivity (Wildman–Crippen MR) is 117 cm³/mol. The maximum Gasteiger partial charge on any atom is 0.255 e. The molecular weight excluding hydrogens is 383 g/mol. The molecule has 160 valence electrons. The highest BCUT2D eigenvalue weighted by molar-refractivity contribution is 6.07. The van der Waals surface area contributed by atoms with Gasteiger partial charge in [0.15, 0.2) is 11.6 Å². The average Bonchev–Trinajstić information content (AvgIpc) is 3.65. The third kappa shape index (κ3) is 4.96. The predicted octanol–water partition coefficient (Wildman–Crippen LogP) is 3.99. The number of carbonyl (C=O) groups excluding carboxylic acids is 1. The van der Waals surface area contributed by atoms with Gasteiger partial charge < -0.3 is 26.4 Å². The highest BCUT2D eigenvalue weighted by Gasteiger charge is 2.26. The number of amides is 1. The number of nitrogens with one attached hydrogen (secondary N) is 3. The molecule has 4 rings (SSSR count). The van der Waals surface area contributed by atoms with E-state index in [0.717, 1.165) is 18.8 Å². The van der Waals surface area contributed by atoms with Crippen LogP contribution >= 0.6 is 0 Å². The standard InChI is InChI=1S/C23H29FN4O2/c1-30-20-9-6-16(10-17(20)24)13-28-23(29)21-19(26-11-14-2-3-14)8-7-18(25)22(21)27-12-15-4-5-15/h6-10,14-15,26-27H,2-5,11-13,25H2,1H3,(H,28,29). The highest BCUT2D eigenvalue weighted by atomic mass is 19.1. The van der Waals surface area contributed by atoms with E-state index in [0.29, 0.717) is 34.3 Å². The van der Waals surface area contributed by atoms with Crippen molar-refractivity contribution >= 4 is 23.0 Å². The molecule has 30 heavy (non-hydrogen) atoms. The lowest BCUT2D eigenvalue weighted by Gasteiger charge is -2.19. The number of anilines is 3. The van der Waals surface area contributed by atoms with Crippen LogP contribution in [0.1, 0.15) is 41.6 Å². The quantitative estimate of drug-likeness (QED) is 0.443. The molecule has 7 heteroatoms. The van der Waals surface area contributed by atoms with Crippen LogP contribution in [0.25, 0.3) is 0 Å². The number of methoxy groups -OCH3 is 1. The summed E-state index contributed by atoms with van der Waals surface area (Å²) in [6.45, 7) is 1.86. The molecule has 0 heterocycles. The summed E-state index contributed by atoms with van der Waals surface area (Å²) in [6, 6.07) is 8.36. The second-order valence-corrected chi connectivity index (χ2v) is 8.25. The third-order valence-corrected chi connectivity index (χ3v) is 5.68. The molecule has 0 radical (unpaired) electrons. The number of carbonyl (C=O) groups is 1. The average molecular weight is 413 g/mol. The molecule has 0 spiro atoms. The van der Waals surface area contributed by atoms with Gasteiger partial charge >= 0.3 is 0 Å². The number of hydrogen-bond donors (Lipinski definition) is 4. The SMILES string of the molecule is COc1ccc(CNC(=O)c2c(NCC3CC3)ccc(N)c2NCC2CC2)cc1F. The number of rotatable bonds is 10. The third-order valence-electron chi connectivity index (χ3n) is 5.68. The maximum atomic E-state index is 14.0. The van der Waals surface area contributed by atoms with Crippen LogP contribution in [0.5, 0.6) is 5.75 Å². The molecule has 0 atom stereocenters. The van der Waals surface area contributed by atoms with Crippen LogP contribution in [0.2, 0.25) is 0 Å². The van der Waals surface area contributed by atoms with Crippen molar-refractivity contribution in [3.05, 3.63) is 47.3 Å². The van der Waals surface area contributed by atoms with E-state index in [9.17, 15) is 9.18 Å². The van der Waals surface area contributed by atoms with Crippen LogP contribution in [0, 0.1) is 17.7 Å². The first-order valence-corrected chi connectivity index (χ1v) is 10.6. The van der Waals surface area contributed by atoms with Crippen LogP contribution in [-0.4, -0.2) is 26.1 Å². The molecule has 2 saturated carbocycles. The van der Waals surface area contributed by atoms with Gasteiger partial charge in [-0.05, 0) is 67.3 Å². The molecular formula is C23H29FN4O2. The van der Waals surface area contributed by atoms with Crippen molar-refractivity contribution in [2.45, 2.75) is 32.2 Å². The molecule has 0 aromatic heterocycles. The Balaban J connectivity index is 1.53. The zero-order valence-electron chi connectivity index (χ0n) is 17.3. The lowest BCUT2D eigenvalue weighted by atomic mass is 10.1. The molecule has 2 aliphatic carbocycles. The van der Waals surface area contributed by atoms with Crippen molar-refractivity contribution in [1.29, 1.82) is 0 Å². The summed E-state index contributed by atoms with van der Waals surface area (Å²) >= 11 is 0. The second kappa shape index (κ2) is 8.81. The summed E-state index contributed by atoms with van der Waals surface area (Å²) in [5.74, 6) is 0.801. The van der Waals surface area contributed by atoms with Gasteiger partial charge in [-0.3, -0.25) is 4.79 Å². The van der Waals surface area contributed by atoms with Gasteiger partial charge in [0.05, 0.1) is 24.0 Å². The fraction of sp³-hybridized carbons (Fsp3) is 0.435. The van der Waals surface area contributed by atoms with Gasteiger partial charge in [0.2, 0.25) is 0 Å². The largest absolute Gasteiger partial charge is 0.494 e. The van der Waals surface area contributed by atoms with E-state index in [-0.39, 0.29) is 18.2 Å². The molecule has 0 bridgehead atoms. The monoisotopic (exact) mass is 412 g/mol. The number of nitrogens with two attached hydrogens (primary N) is 1. The summed E-state index contributed by atoms with van der Waals surface area (Å²) in [5, 5.41) is 9.72. The van der Waals surface area contributed by atoms with E-state index < -0.39 is 5.82 Å². The Morgan fingerprint density at radius 2 is 1.80 bits per heavy atom. The van der Waals surface area contributed by atoms with E-state index in [1.807, 2.05) is 12.1 Å². The first-order valence-electron chi connectivity index (χ1n) is 10.6. The maximum absolute atomic E-state index is 14.0. The lowest BCUT2D eigenvalue weighted by molar-refractivity contribution is 0.0952. The molecule has 2 aliphatic rings. The minimum Gasteiger partial charge on any atom is -0.494 e. The van der Waals surface area contributed by atoms with Gasteiger partial charge in [0.25, 0.3) is 5.91 Å². The highest BCUT2D eigenvalue weighted by Crippen LogP contribution is 2.35. The number of ether oxygens (including phenoxy) is 1. The van der Waals surface area contributed by atoms with Gasteiger partial charge in [0.1, 0.15) is 0 Å². The van der Waals surface area contributed by atoms with E-state index in [1.165, 1.54) is 38.9 Å². The summed E-state index contributed by atoms with van der Waals surface area (Å²) < 4.78 is 18.9. The van der Waals surface area contributed by atoms with Crippen molar-refractivity contribution in [2.75, 3.05) is 36.6 Å². The molecule has 0 unspecified atom stereocenters. The Bertz CT molecular complexity index is 926. The normalized spacial score (nSPS) is 15.5. The van der Waals surface area contributed by atoms with E-state index in [4.69, 9.17) is 10.5 Å². The summed E-state index contributed by atoms with van der Waals surface area (Å²) in [5.41, 5.74) is 9.39. The fourth-order valence-corrected chi connectivity index (χ4v) is 3.43. The molecule has 5 N–H and O–H groups in total. The van der Waals surface area contributed by atoms with E-state index >= 15 is 0 Å². The van der Waals surface area contributed by atoms with Crippen LogP contribution in [0.15, 0.2) is 30.3 Å². The summed E-state index contributed by atoms with van der Waals surface area (Å²) in [7, 11) is 1.42. The Labute approximate surface area is 176 Å². The summed E-state index contributed by atoms with van der Waals surface area (Å²) in [6.07, 6.45) is 4.85. The fourth-order valence-electron chi connectivity index (χ4n) is 3.43.